The van der Waals surface area contributed by atoms with Crippen molar-refractivity contribution in [3.63, 3.8) is 0 Å². The highest BCUT2D eigenvalue weighted by Crippen LogP contribution is 2.36. The SMILES string of the molecule is Nc1ccc(N2CCC(F)(F)CC2)c(C(F)F)c1. The van der Waals surface area contributed by atoms with Crippen LogP contribution in [0.1, 0.15) is 24.8 Å². The summed E-state index contributed by atoms with van der Waals surface area (Å²) in [6.45, 7) is 0.160. The Labute approximate surface area is 102 Å². The number of hydrogen-bond donors (Lipinski definition) is 1. The first kappa shape index (κ1) is 13.0. The molecule has 1 aromatic carbocycles. The molecule has 1 aliphatic rings. The van der Waals surface area contributed by atoms with Crippen molar-refractivity contribution in [2.45, 2.75) is 25.2 Å². The lowest BCUT2D eigenvalue weighted by atomic mass is 10.0. The van der Waals surface area contributed by atoms with Gasteiger partial charge in [-0.3, -0.25) is 0 Å². The summed E-state index contributed by atoms with van der Waals surface area (Å²) in [5, 5.41) is 0. The van der Waals surface area contributed by atoms with Gasteiger partial charge in [0.15, 0.2) is 0 Å². The third-order valence-corrected chi connectivity index (χ3v) is 3.12. The molecule has 6 heteroatoms. The third kappa shape index (κ3) is 2.68. The summed E-state index contributed by atoms with van der Waals surface area (Å²) in [5.74, 6) is -2.69. The average Bonchev–Trinajstić information content (AvgIpc) is 2.29. The van der Waals surface area contributed by atoms with E-state index in [4.69, 9.17) is 5.73 Å². The first-order valence-electron chi connectivity index (χ1n) is 5.69. The highest BCUT2D eigenvalue weighted by Gasteiger charge is 2.35. The molecule has 1 aromatic rings. The molecule has 1 aliphatic heterocycles. The number of nitrogens with two attached hydrogens (primary N) is 1. The number of rotatable bonds is 2. The van der Waals surface area contributed by atoms with Crippen molar-refractivity contribution in [3.05, 3.63) is 23.8 Å². The summed E-state index contributed by atoms with van der Waals surface area (Å²) in [6, 6.07) is 4.18. The molecule has 18 heavy (non-hydrogen) atoms. The van der Waals surface area contributed by atoms with E-state index >= 15 is 0 Å². The molecule has 0 aliphatic carbocycles. The molecule has 0 spiro atoms. The van der Waals surface area contributed by atoms with E-state index in [1.807, 2.05) is 0 Å². The molecule has 0 atom stereocenters. The molecule has 2 nitrogen and oxygen atoms in total. The van der Waals surface area contributed by atoms with Gasteiger partial charge in [0.05, 0.1) is 0 Å². The smallest absolute Gasteiger partial charge is 0.265 e. The van der Waals surface area contributed by atoms with E-state index in [9.17, 15) is 17.6 Å². The molecule has 1 saturated heterocycles. The van der Waals surface area contributed by atoms with Crippen LogP contribution in [0, 0.1) is 0 Å². The number of halogens is 4. The van der Waals surface area contributed by atoms with Crippen LogP contribution in [-0.2, 0) is 0 Å². The fourth-order valence-electron chi connectivity index (χ4n) is 2.11. The normalized spacial score (nSPS) is 19.3. The second-order valence-electron chi connectivity index (χ2n) is 4.46. The average molecular weight is 262 g/mol. The standard InChI is InChI=1S/C12H14F4N2/c13-11(14)9-7-8(17)1-2-10(9)18-5-3-12(15,16)4-6-18/h1-2,7,11H,3-6,17H2. The number of hydrogen-bond acceptors (Lipinski definition) is 2. The highest BCUT2D eigenvalue weighted by atomic mass is 19.3. The lowest BCUT2D eigenvalue weighted by Crippen LogP contribution is -2.39. The Kier molecular flexibility index (Phi) is 3.36. The van der Waals surface area contributed by atoms with Gasteiger partial charge in [0, 0.05) is 42.9 Å². The number of nitrogens with zero attached hydrogens (tertiary/aromatic N) is 1. The van der Waals surface area contributed by atoms with Crippen LogP contribution in [0.25, 0.3) is 0 Å². The van der Waals surface area contributed by atoms with Gasteiger partial charge in [-0.25, -0.2) is 17.6 Å². The van der Waals surface area contributed by atoms with E-state index in [0.717, 1.165) is 0 Å². The van der Waals surface area contributed by atoms with Crippen LogP contribution in [0.5, 0.6) is 0 Å². The summed E-state index contributed by atoms with van der Waals surface area (Å²) in [5.41, 5.74) is 5.82. The number of anilines is 2. The van der Waals surface area contributed by atoms with Gasteiger partial charge in [0.1, 0.15) is 0 Å². The van der Waals surface area contributed by atoms with Crippen molar-refractivity contribution < 1.29 is 17.6 Å². The molecule has 0 unspecified atom stereocenters. The van der Waals surface area contributed by atoms with Crippen LogP contribution in [0.2, 0.25) is 0 Å². The van der Waals surface area contributed by atoms with Crippen LogP contribution in [0.4, 0.5) is 28.9 Å². The van der Waals surface area contributed by atoms with Crippen LogP contribution in [0.15, 0.2) is 18.2 Å². The molecule has 0 amide bonds. The maximum absolute atomic E-state index is 13.0. The summed E-state index contributed by atoms with van der Waals surface area (Å²) < 4.78 is 51.8. The molecule has 0 saturated carbocycles. The van der Waals surface area contributed by atoms with E-state index in [2.05, 4.69) is 0 Å². The third-order valence-electron chi connectivity index (χ3n) is 3.12. The lowest BCUT2D eigenvalue weighted by molar-refractivity contribution is -0.0221. The Morgan fingerprint density at radius 1 is 1.17 bits per heavy atom. The van der Waals surface area contributed by atoms with Gasteiger partial charge < -0.3 is 10.6 Å². The van der Waals surface area contributed by atoms with E-state index in [1.54, 1.807) is 4.90 Å². The van der Waals surface area contributed by atoms with Gasteiger partial charge >= 0.3 is 0 Å². The number of nitrogen functional groups attached to an aromatic ring is 1. The number of piperidine rings is 1. The van der Waals surface area contributed by atoms with E-state index < -0.39 is 12.3 Å². The Balaban J connectivity index is 2.24. The maximum atomic E-state index is 13.0. The Morgan fingerprint density at radius 2 is 1.78 bits per heavy atom. The first-order chi connectivity index (χ1) is 8.39. The Hall–Kier alpha value is -1.46. The second-order valence-corrected chi connectivity index (χ2v) is 4.46. The minimum absolute atomic E-state index is 0.0800. The van der Waals surface area contributed by atoms with Crippen LogP contribution in [0.3, 0.4) is 0 Å². The van der Waals surface area contributed by atoms with Crippen LogP contribution < -0.4 is 10.6 Å². The molecule has 100 valence electrons. The lowest BCUT2D eigenvalue weighted by Gasteiger charge is -2.34. The van der Waals surface area contributed by atoms with Crippen LogP contribution in [-0.4, -0.2) is 19.0 Å². The van der Waals surface area contributed by atoms with E-state index in [1.165, 1.54) is 18.2 Å². The molecule has 0 radical (unpaired) electrons. The highest BCUT2D eigenvalue weighted by molar-refractivity contribution is 5.60. The minimum atomic E-state index is -2.69. The molecule has 2 rings (SSSR count). The monoisotopic (exact) mass is 262 g/mol. The molecule has 0 bridgehead atoms. The molecular weight excluding hydrogens is 248 g/mol. The largest absolute Gasteiger partial charge is 0.399 e. The summed E-state index contributed by atoms with van der Waals surface area (Å²) in [7, 11) is 0. The van der Waals surface area contributed by atoms with E-state index in [-0.39, 0.29) is 37.2 Å². The zero-order chi connectivity index (χ0) is 13.3. The predicted octanol–water partition coefficient (Wildman–Crippen LogP) is 3.44. The van der Waals surface area contributed by atoms with Crippen LogP contribution >= 0.6 is 0 Å². The van der Waals surface area contributed by atoms with Gasteiger partial charge in [-0.15, -0.1) is 0 Å². The fourth-order valence-corrected chi connectivity index (χ4v) is 2.11. The fraction of sp³-hybridized carbons (Fsp3) is 0.500. The number of alkyl halides is 4. The molecular formula is C12H14F4N2. The van der Waals surface area contributed by atoms with Gasteiger partial charge in [0.2, 0.25) is 0 Å². The quantitative estimate of drug-likeness (QED) is 0.653. The van der Waals surface area contributed by atoms with Crippen molar-refractivity contribution in [2.24, 2.45) is 0 Å². The molecule has 0 aromatic heterocycles. The summed E-state index contributed by atoms with van der Waals surface area (Å²) >= 11 is 0. The summed E-state index contributed by atoms with van der Waals surface area (Å²) in [4.78, 5) is 1.57. The molecule has 1 fully saturated rings. The minimum Gasteiger partial charge on any atom is -0.399 e. The second kappa shape index (κ2) is 4.66. The maximum Gasteiger partial charge on any atom is 0.265 e. The van der Waals surface area contributed by atoms with Crippen molar-refractivity contribution in [1.29, 1.82) is 0 Å². The van der Waals surface area contributed by atoms with E-state index in [0.29, 0.717) is 5.69 Å². The van der Waals surface area contributed by atoms with Crippen molar-refractivity contribution in [1.82, 2.24) is 0 Å². The number of benzene rings is 1. The van der Waals surface area contributed by atoms with Crippen molar-refractivity contribution >= 4 is 11.4 Å². The Morgan fingerprint density at radius 3 is 2.33 bits per heavy atom. The van der Waals surface area contributed by atoms with Gasteiger partial charge in [-0.1, -0.05) is 0 Å². The molecule has 2 N–H and O–H groups in total. The van der Waals surface area contributed by atoms with Gasteiger partial charge in [-0.05, 0) is 18.2 Å². The molecule has 1 heterocycles. The summed E-state index contributed by atoms with van der Waals surface area (Å²) in [6.07, 6.45) is -3.27. The predicted molar refractivity (Wildman–Crippen MR) is 62.2 cm³/mol. The topological polar surface area (TPSA) is 29.3 Å². The first-order valence-corrected chi connectivity index (χ1v) is 5.69. The van der Waals surface area contributed by atoms with Crippen molar-refractivity contribution in [2.75, 3.05) is 23.7 Å². The zero-order valence-electron chi connectivity index (χ0n) is 9.67. The Bertz CT molecular complexity index is 424. The zero-order valence-corrected chi connectivity index (χ0v) is 9.67. The van der Waals surface area contributed by atoms with Crippen molar-refractivity contribution in [3.8, 4) is 0 Å². The van der Waals surface area contributed by atoms with Gasteiger partial charge in [-0.2, -0.15) is 0 Å². The van der Waals surface area contributed by atoms with Gasteiger partial charge in [0.25, 0.3) is 12.3 Å².